The zero-order valence-corrected chi connectivity index (χ0v) is 10.7. The van der Waals surface area contributed by atoms with Crippen LogP contribution in [-0.4, -0.2) is 30.8 Å². The van der Waals surface area contributed by atoms with E-state index in [1.807, 2.05) is 18.9 Å². The average Bonchev–Trinajstić information content (AvgIpc) is 2.31. The monoisotopic (exact) mass is 248 g/mol. The number of rotatable bonds is 6. The molecule has 4 heteroatoms. The topological polar surface area (TPSA) is 44.1 Å². The number of likely N-dealkylation sites (N-methyl/N-ethyl adjacent to an activating group) is 1. The molecule has 1 unspecified atom stereocenters. The van der Waals surface area contributed by atoms with Gasteiger partial charge in [-0.1, -0.05) is 12.1 Å². The van der Waals surface area contributed by atoms with Gasteiger partial charge in [-0.15, -0.1) is 0 Å². The van der Waals surface area contributed by atoms with Crippen molar-refractivity contribution in [2.24, 2.45) is 5.92 Å². The minimum atomic E-state index is -0.300. The largest absolute Gasteiger partial charge is 0.298 e. The van der Waals surface area contributed by atoms with E-state index in [-0.39, 0.29) is 17.5 Å². The summed E-state index contributed by atoms with van der Waals surface area (Å²) in [6, 6.07) is 8.07. The maximum absolute atomic E-state index is 12.7. The summed E-state index contributed by atoms with van der Waals surface area (Å²) in [5.74, 6) is -0.325. The number of hydrogen-bond donors (Lipinski definition) is 0. The van der Waals surface area contributed by atoms with Crippen molar-refractivity contribution < 1.29 is 9.18 Å². The maximum atomic E-state index is 12.7. The van der Waals surface area contributed by atoms with Crippen molar-refractivity contribution in [3.8, 4) is 6.07 Å². The summed E-state index contributed by atoms with van der Waals surface area (Å²) in [5, 5.41) is 8.68. The van der Waals surface area contributed by atoms with Crippen LogP contribution < -0.4 is 0 Å². The molecule has 0 N–H and O–H groups in total. The highest BCUT2D eigenvalue weighted by Crippen LogP contribution is 2.05. The first-order valence-corrected chi connectivity index (χ1v) is 5.85. The van der Waals surface area contributed by atoms with Crippen LogP contribution in [0.25, 0.3) is 0 Å². The third-order valence-corrected chi connectivity index (χ3v) is 2.57. The molecule has 0 aliphatic rings. The first kappa shape index (κ1) is 14.3. The lowest BCUT2D eigenvalue weighted by Gasteiger charge is -2.16. The summed E-state index contributed by atoms with van der Waals surface area (Å²) in [6.07, 6.45) is 0.297. The van der Waals surface area contributed by atoms with Crippen molar-refractivity contribution in [2.45, 2.75) is 13.3 Å². The second-order valence-corrected chi connectivity index (χ2v) is 4.57. The van der Waals surface area contributed by atoms with E-state index in [0.717, 1.165) is 5.56 Å². The molecule has 0 heterocycles. The predicted molar refractivity (Wildman–Crippen MR) is 67.4 cm³/mol. The smallest absolute Gasteiger partial charge is 0.151 e. The van der Waals surface area contributed by atoms with Gasteiger partial charge >= 0.3 is 0 Å². The Balaban J connectivity index is 2.42. The summed E-state index contributed by atoms with van der Waals surface area (Å²) in [4.78, 5) is 13.6. The molecule has 1 atom stereocenters. The van der Waals surface area contributed by atoms with Gasteiger partial charge in [-0.3, -0.25) is 9.69 Å². The van der Waals surface area contributed by atoms with Crippen LogP contribution in [0.3, 0.4) is 0 Å². The Bertz CT molecular complexity index is 436. The number of carbonyl (C=O) groups is 1. The summed E-state index contributed by atoms with van der Waals surface area (Å²) in [6.45, 7) is 2.70. The Morgan fingerprint density at radius 2 is 2.06 bits per heavy atom. The van der Waals surface area contributed by atoms with Gasteiger partial charge in [-0.05, 0) is 31.7 Å². The molecule has 3 nitrogen and oxygen atoms in total. The van der Waals surface area contributed by atoms with Crippen LogP contribution >= 0.6 is 0 Å². The highest BCUT2D eigenvalue weighted by molar-refractivity contribution is 5.82. The van der Waals surface area contributed by atoms with Gasteiger partial charge < -0.3 is 0 Å². The van der Waals surface area contributed by atoms with Crippen molar-refractivity contribution in [3.05, 3.63) is 35.6 Å². The molecular formula is C14H17FN2O. The van der Waals surface area contributed by atoms with Gasteiger partial charge in [0.25, 0.3) is 0 Å². The van der Waals surface area contributed by atoms with Gasteiger partial charge in [0.2, 0.25) is 0 Å². The van der Waals surface area contributed by atoms with E-state index in [4.69, 9.17) is 5.26 Å². The first-order valence-electron chi connectivity index (χ1n) is 5.85. The molecule has 0 radical (unpaired) electrons. The lowest BCUT2D eigenvalue weighted by atomic mass is 10.1. The van der Waals surface area contributed by atoms with Crippen LogP contribution in [0.5, 0.6) is 0 Å². The minimum Gasteiger partial charge on any atom is -0.298 e. The normalized spacial score (nSPS) is 12.2. The highest BCUT2D eigenvalue weighted by Gasteiger charge is 2.10. The zero-order chi connectivity index (χ0) is 13.5. The molecule has 0 saturated heterocycles. The molecule has 0 amide bonds. The Morgan fingerprint density at radius 1 is 1.44 bits per heavy atom. The summed E-state index contributed by atoms with van der Waals surface area (Å²) < 4.78 is 12.7. The standard InChI is InChI=1S/C14H17FN2O/c1-11(8-16)9-17(2)10-14(18)7-12-3-5-13(15)6-4-12/h3-6,11H,7,9-10H2,1-2H3. The van der Waals surface area contributed by atoms with Crippen LogP contribution in [0.4, 0.5) is 4.39 Å². The number of halogens is 1. The van der Waals surface area contributed by atoms with Crippen molar-refractivity contribution in [3.63, 3.8) is 0 Å². The van der Waals surface area contributed by atoms with Crippen LogP contribution in [0.1, 0.15) is 12.5 Å². The summed E-state index contributed by atoms with van der Waals surface area (Å²) in [5.41, 5.74) is 0.808. The lowest BCUT2D eigenvalue weighted by molar-refractivity contribution is -0.119. The molecule has 0 aliphatic heterocycles. The van der Waals surface area contributed by atoms with Crippen LogP contribution in [-0.2, 0) is 11.2 Å². The quantitative estimate of drug-likeness (QED) is 0.773. The van der Waals surface area contributed by atoms with Crippen molar-refractivity contribution >= 4 is 5.78 Å². The number of carbonyl (C=O) groups excluding carboxylic acids is 1. The van der Waals surface area contributed by atoms with Crippen LogP contribution in [0, 0.1) is 23.1 Å². The van der Waals surface area contributed by atoms with E-state index in [2.05, 4.69) is 6.07 Å². The first-order chi connectivity index (χ1) is 8.51. The Kier molecular flexibility index (Phi) is 5.47. The zero-order valence-electron chi connectivity index (χ0n) is 10.7. The average molecular weight is 248 g/mol. The summed E-state index contributed by atoms with van der Waals surface area (Å²) in [7, 11) is 1.82. The molecular weight excluding hydrogens is 231 g/mol. The van der Waals surface area contributed by atoms with E-state index < -0.39 is 0 Å². The molecule has 0 aliphatic carbocycles. The number of benzene rings is 1. The fourth-order valence-electron chi connectivity index (χ4n) is 1.76. The predicted octanol–water partition coefficient (Wildman–Crippen LogP) is 2.03. The Morgan fingerprint density at radius 3 is 2.61 bits per heavy atom. The van der Waals surface area contributed by atoms with Gasteiger partial charge in [0, 0.05) is 13.0 Å². The molecule has 96 valence electrons. The fourth-order valence-corrected chi connectivity index (χ4v) is 1.76. The molecule has 0 saturated carbocycles. The Hall–Kier alpha value is -1.73. The fraction of sp³-hybridized carbons (Fsp3) is 0.429. The van der Waals surface area contributed by atoms with E-state index in [0.29, 0.717) is 19.5 Å². The number of ketones is 1. The second-order valence-electron chi connectivity index (χ2n) is 4.57. The van der Waals surface area contributed by atoms with E-state index in [1.165, 1.54) is 12.1 Å². The van der Waals surface area contributed by atoms with Gasteiger partial charge in [-0.25, -0.2) is 4.39 Å². The highest BCUT2D eigenvalue weighted by atomic mass is 19.1. The molecule has 18 heavy (non-hydrogen) atoms. The van der Waals surface area contributed by atoms with Gasteiger partial charge in [0.05, 0.1) is 18.5 Å². The van der Waals surface area contributed by atoms with Crippen LogP contribution in [0.2, 0.25) is 0 Å². The molecule has 1 aromatic carbocycles. The van der Waals surface area contributed by atoms with Crippen molar-refractivity contribution in [1.29, 1.82) is 5.26 Å². The number of hydrogen-bond acceptors (Lipinski definition) is 3. The van der Waals surface area contributed by atoms with Gasteiger partial charge in [0.15, 0.2) is 5.78 Å². The molecule has 0 fully saturated rings. The van der Waals surface area contributed by atoms with Gasteiger partial charge in [-0.2, -0.15) is 5.26 Å². The van der Waals surface area contributed by atoms with Gasteiger partial charge in [0.1, 0.15) is 5.82 Å². The third kappa shape index (κ3) is 5.07. The van der Waals surface area contributed by atoms with Crippen molar-refractivity contribution in [2.75, 3.05) is 20.1 Å². The minimum absolute atomic E-state index is 0.0641. The number of nitrogens with zero attached hydrogens (tertiary/aromatic N) is 2. The van der Waals surface area contributed by atoms with E-state index in [9.17, 15) is 9.18 Å². The number of nitriles is 1. The second kappa shape index (κ2) is 6.87. The number of Topliss-reactive ketones (excluding diaryl/α,β-unsaturated/α-hetero) is 1. The van der Waals surface area contributed by atoms with Crippen LogP contribution in [0.15, 0.2) is 24.3 Å². The maximum Gasteiger partial charge on any atom is 0.151 e. The molecule has 1 rings (SSSR count). The SMILES string of the molecule is CC(C#N)CN(C)CC(=O)Cc1ccc(F)cc1. The molecule has 0 spiro atoms. The van der Waals surface area contributed by atoms with E-state index in [1.54, 1.807) is 12.1 Å². The summed E-state index contributed by atoms with van der Waals surface area (Å²) >= 11 is 0. The molecule has 1 aromatic rings. The Labute approximate surface area is 107 Å². The third-order valence-electron chi connectivity index (χ3n) is 2.57. The lowest BCUT2D eigenvalue weighted by Crippen LogP contribution is -2.30. The molecule has 0 bridgehead atoms. The van der Waals surface area contributed by atoms with Crippen molar-refractivity contribution in [1.82, 2.24) is 4.90 Å². The van der Waals surface area contributed by atoms with E-state index >= 15 is 0 Å². The molecule has 0 aromatic heterocycles.